The first-order valence-electron chi connectivity index (χ1n) is 9.33. The third kappa shape index (κ3) is 3.35. The number of amides is 2. The van der Waals surface area contributed by atoms with Crippen molar-refractivity contribution in [3.05, 3.63) is 46.2 Å². The average molecular weight is 370 g/mol. The molecular weight excluding hydrogens is 344 g/mol. The van der Waals surface area contributed by atoms with Crippen LogP contribution in [0.5, 0.6) is 0 Å². The molecule has 0 radical (unpaired) electrons. The fourth-order valence-corrected chi connectivity index (χ4v) is 3.80. The number of carbonyl (C=O) groups excluding carboxylic acids is 2. The van der Waals surface area contributed by atoms with Crippen LogP contribution in [-0.2, 0) is 11.8 Å². The largest absolute Gasteiger partial charge is 0.341 e. The Bertz CT molecular complexity index is 932. The van der Waals surface area contributed by atoms with Crippen molar-refractivity contribution in [1.29, 1.82) is 0 Å². The van der Waals surface area contributed by atoms with E-state index in [0.29, 0.717) is 19.5 Å². The summed E-state index contributed by atoms with van der Waals surface area (Å²) in [6.07, 6.45) is 0.412. The van der Waals surface area contributed by atoms with Gasteiger partial charge >= 0.3 is 0 Å². The predicted molar refractivity (Wildman–Crippen MR) is 105 cm³/mol. The Morgan fingerprint density at radius 2 is 1.89 bits per heavy atom. The van der Waals surface area contributed by atoms with Crippen LogP contribution in [0, 0.1) is 0 Å². The summed E-state index contributed by atoms with van der Waals surface area (Å²) in [6.45, 7) is 5.22. The quantitative estimate of drug-likeness (QED) is 0.868. The number of rotatable bonds is 4. The minimum Gasteiger partial charge on any atom is -0.341 e. The van der Waals surface area contributed by atoms with E-state index in [0.717, 1.165) is 10.9 Å². The van der Waals surface area contributed by atoms with Crippen LogP contribution in [0.3, 0.4) is 0 Å². The zero-order chi connectivity index (χ0) is 19.7. The SMILES string of the molecule is CCN(CC)C(=O)[C@@H]1C[C@H](N)CN1C(=O)c1cc2ccccc2n(C)c1=O. The highest BCUT2D eigenvalue weighted by Gasteiger charge is 2.40. The second-order valence-corrected chi connectivity index (χ2v) is 6.96. The van der Waals surface area contributed by atoms with Crippen LogP contribution in [0.15, 0.2) is 35.1 Å². The molecule has 1 fully saturated rings. The fraction of sp³-hybridized carbons (Fsp3) is 0.450. The number of carbonyl (C=O) groups is 2. The number of hydrogen-bond acceptors (Lipinski definition) is 4. The number of pyridine rings is 1. The zero-order valence-corrected chi connectivity index (χ0v) is 16.0. The van der Waals surface area contributed by atoms with E-state index >= 15 is 0 Å². The predicted octanol–water partition coefficient (Wildman–Crippen LogP) is 0.949. The molecule has 2 N–H and O–H groups in total. The highest BCUT2D eigenvalue weighted by molar-refractivity contribution is 6.00. The Balaban J connectivity index is 2.01. The van der Waals surface area contributed by atoms with Crippen molar-refractivity contribution >= 4 is 22.7 Å². The number of hydrogen-bond donors (Lipinski definition) is 1. The number of nitrogens with zero attached hydrogens (tertiary/aromatic N) is 3. The van der Waals surface area contributed by atoms with Gasteiger partial charge in [-0.1, -0.05) is 18.2 Å². The Kier molecular flexibility index (Phi) is 5.32. The van der Waals surface area contributed by atoms with E-state index in [-0.39, 0.29) is 29.6 Å². The number of benzene rings is 1. The van der Waals surface area contributed by atoms with Gasteiger partial charge in [-0.25, -0.2) is 0 Å². The van der Waals surface area contributed by atoms with Gasteiger partial charge < -0.3 is 20.1 Å². The summed E-state index contributed by atoms with van der Waals surface area (Å²) < 4.78 is 1.47. The summed E-state index contributed by atoms with van der Waals surface area (Å²) in [7, 11) is 1.65. The van der Waals surface area contributed by atoms with Gasteiger partial charge in [0.1, 0.15) is 11.6 Å². The van der Waals surface area contributed by atoms with Gasteiger partial charge in [0.05, 0.1) is 5.52 Å². The van der Waals surface area contributed by atoms with E-state index in [2.05, 4.69) is 0 Å². The topological polar surface area (TPSA) is 88.6 Å². The molecule has 1 aliphatic rings. The Morgan fingerprint density at radius 1 is 1.22 bits per heavy atom. The minimum absolute atomic E-state index is 0.0719. The third-order valence-electron chi connectivity index (χ3n) is 5.32. The Labute approximate surface area is 158 Å². The van der Waals surface area contributed by atoms with Gasteiger partial charge in [0.2, 0.25) is 5.91 Å². The van der Waals surface area contributed by atoms with E-state index in [1.165, 1.54) is 9.47 Å². The Hall–Kier alpha value is -2.67. The number of nitrogens with two attached hydrogens (primary N) is 1. The van der Waals surface area contributed by atoms with Crippen molar-refractivity contribution in [2.45, 2.75) is 32.4 Å². The first-order chi connectivity index (χ1) is 12.9. The molecule has 7 heteroatoms. The first-order valence-corrected chi connectivity index (χ1v) is 9.33. The number of para-hydroxylation sites is 1. The van der Waals surface area contributed by atoms with Gasteiger partial charge in [-0.2, -0.15) is 0 Å². The lowest BCUT2D eigenvalue weighted by Crippen LogP contribution is -2.48. The Morgan fingerprint density at radius 3 is 2.56 bits per heavy atom. The normalized spacial score (nSPS) is 19.5. The summed E-state index contributed by atoms with van der Waals surface area (Å²) in [6, 6.07) is 8.12. The fourth-order valence-electron chi connectivity index (χ4n) is 3.80. The molecular formula is C20H26N4O3. The number of aryl methyl sites for hydroxylation is 1. The van der Waals surface area contributed by atoms with Crippen LogP contribution in [0.25, 0.3) is 10.9 Å². The minimum atomic E-state index is -0.622. The molecule has 0 spiro atoms. The van der Waals surface area contributed by atoms with Crippen LogP contribution in [0.1, 0.15) is 30.6 Å². The lowest BCUT2D eigenvalue weighted by molar-refractivity contribution is -0.134. The number of likely N-dealkylation sites (N-methyl/N-ethyl adjacent to an activating group) is 1. The van der Waals surface area contributed by atoms with Crippen LogP contribution in [-0.4, -0.2) is 57.9 Å². The molecule has 0 aliphatic carbocycles. The van der Waals surface area contributed by atoms with E-state index < -0.39 is 11.9 Å². The number of fused-ring (bicyclic) bond motifs is 1. The van der Waals surface area contributed by atoms with E-state index in [1.54, 1.807) is 18.0 Å². The molecule has 3 rings (SSSR count). The van der Waals surface area contributed by atoms with Crippen molar-refractivity contribution in [3.63, 3.8) is 0 Å². The molecule has 2 atom stereocenters. The summed E-state index contributed by atoms with van der Waals surface area (Å²) in [5, 5.41) is 0.804. The molecule has 0 saturated carbocycles. The second kappa shape index (κ2) is 7.52. The first kappa shape index (κ1) is 19.1. The van der Waals surface area contributed by atoms with Crippen molar-refractivity contribution in [2.75, 3.05) is 19.6 Å². The summed E-state index contributed by atoms with van der Waals surface area (Å²) in [5.41, 5.74) is 6.52. The van der Waals surface area contributed by atoms with E-state index in [9.17, 15) is 14.4 Å². The number of likely N-dealkylation sites (tertiary alicyclic amines) is 1. The molecule has 0 unspecified atom stereocenters. The van der Waals surface area contributed by atoms with E-state index in [1.807, 2.05) is 38.1 Å². The molecule has 0 bridgehead atoms. The van der Waals surface area contributed by atoms with Crippen molar-refractivity contribution < 1.29 is 9.59 Å². The van der Waals surface area contributed by atoms with Crippen molar-refractivity contribution in [1.82, 2.24) is 14.4 Å². The second-order valence-electron chi connectivity index (χ2n) is 6.96. The molecule has 1 aromatic heterocycles. The molecule has 1 saturated heterocycles. The van der Waals surface area contributed by atoms with Crippen LogP contribution >= 0.6 is 0 Å². The van der Waals surface area contributed by atoms with Crippen molar-refractivity contribution in [3.8, 4) is 0 Å². The highest BCUT2D eigenvalue weighted by atomic mass is 16.2. The van der Waals surface area contributed by atoms with Crippen LogP contribution in [0.4, 0.5) is 0 Å². The molecule has 2 heterocycles. The zero-order valence-electron chi connectivity index (χ0n) is 16.0. The standard InChI is InChI=1S/C20H26N4O3/c1-4-23(5-2)20(27)17-11-14(21)12-24(17)19(26)15-10-13-8-6-7-9-16(13)22(3)18(15)25/h6-10,14,17H,4-5,11-12,21H2,1-3H3/t14-,17-/m0/s1. The molecule has 144 valence electrons. The lowest BCUT2D eigenvalue weighted by atomic mass is 10.1. The van der Waals surface area contributed by atoms with Crippen LogP contribution in [0.2, 0.25) is 0 Å². The van der Waals surface area contributed by atoms with Gasteiger partial charge in [0, 0.05) is 32.7 Å². The van der Waals surface area contributed by atoms with Gasteiger partial charge in [0.25, 0.3) is 11.5 Å². The highest BCUT2D eigenvalue weighted by Crippen LogP contribution is 2.22. The summed E-state index contributed by atoms with van der Waals surface area (Å²) in [4.78, 5) is 42.0. The maximum Gasteiger partial charge on any atom is 0.263 e. The molecule has 27 heavy (non-hydrogen) atoms. The smallest absolute Gasteiger partial charge is 0.263 e. The molecule has 1 aliphatic heterocycles. The van der Waals surface area contributed by atoms with Gasteiger partial charge in [-0.3, -0.25) is 14.4 Å². The molecule has 7 nitrogen and oxygen atoms in total. The maximum absolute atomic E-state index is 13.2. The average Bonchev–Trinajstić information content (AvgIpc) is 3.06. The van der Waals surface area contributed by atoms with Gasteiger partial charge in [-0.05, 0) is 37.8 Å². The third-order valence-corrected chi connectivity index (χ3v) is 5.32. The van der Waals surface area contributed by atoms with Crippen molar-refractivity contribution in [2.24, 2.45) is 12.8 Å². The summed E-state index contributed by atoms with van der Waals surface area (Å²) in [5.74, 6) is -0.543. The molecule has 1 aromatic carbocycles. The lowest BCUT2D eigenvalue weighted by Gasteiger charge is -2.29. The molecule has 2 amide bonds. The summed E-state index contributed by atoms with van der Waals surface area (Å²) >= 11 is 0. The van der Waals surface area contributed by atoms with Crippen LogP contribution < -0.4 is 11.3 Å². The monoisotopic (exact) mass is 370 g/mol. The maximum atomic E-state index is 13.2. The van der Waals surface area contributed by atoms with Gasteiger partial charge in [0.15, 0.2) is 0 Å². The van der Waals surface area contributed by atoms with E-state index in [4.69, 9.17) is 5.73 Å². The molecule has 2 aromatic rings. The number of aromatic nitrogens is 1. The van der Waals surface area contributed by atoms with Gasteiger partial charge in [-0.15, -0.1) is 0 Å².